The van der Waals surface area contributed by atoms with Crippen molar-refractivity contribution in [3.8, 4) is 0 Å². The van der Waals surface area contributed by atoms with Gasteiger partial charge in [-0.05, 0) is 60.2 Å². The van der Waals surface area contributed by atoms with Crippen LogP contribution in [-0.4, -0.2) is 31.3 Å². The molecule has 4 nitrogen and oxygen atoms in total. The van der Waals surface area contributed by atoms with E-state index in [1.165, 1.54) is 25.3 Å². The molecule has 0 spiro atoms. The van der Waals surface area contributed by atoms with E-state index in [0.29, 0.717) is 12.1 Å². The summed E-state index contributed by atoms with van der Waals surface area (Å²) < 4.78 is 17.4. The van der Waals surface area contributed by atoms with Crippen molar-refractivity contribution in [2.75, 3.05) is 19.4 Å². The summed E-state index contributed by atoms with van der Waals surface area (Å²) in [6.07, 6.45) is 3.96. The van der Waals surface area contributed by atoms with Crippen LogP contribution in [-0.2, 0) is 9.53 Å². The third-order valence-corrected chi connectivity index (χ3v) is 4.56. The van der Waals surface area contributed by atoms with Crippen molar-refractivity contribution in [2.45, 2.75) is 11.3 Å². The standard InChI is InChI=1S/C20H20FNO3S/c1-25-20(24)16-6-3-15(4-7-16)5-12-19(23)22-13-2-14-26-18-10-8-17(21)9-11-18/h3-12H,2,13-14H2,1H3,(H,22,23). The quantitative estimate of drug-likeness (QED) is 0.330. The average Bonchev–Trinajstić information content (AvgIpc) is 2.67. The maximum Gasteiger partial charge on any atom is 0.337 e. The van der Waals surface area contributed by atoms with Gasteiger partial charge in [0.15, 0.2) is 0 Å². The van der Waals surface area contributed by atoms with Gasteiger partial charge in [-0.3, -0.25) is 4.79 Å². The Hall–Kier alpha value is -2.60. The molecule has 1 N–H and O–H groups in total. The van der Waals surface area contributed by atoms with Crippen molar-refractivity contribution in [3.05, 3.63) is 71.6 Å². The Morgan fingerprint density at radius 3 is 2.46 bits per heavy atom. The Morgan fingerprint density at radius 2 is 1.81 bits per heavy atom. The summed E-state index contributed by atoms with van der Waals surface area (Å²) in [5, 5.41) is 2.81. The highest BCUT2D eigenvalue weighted by Crippen LogP contribution is 2.18. The highest BCUT2D eigenvalue weighted by Gasteiger charge is 2.03. The number of rotatable bonds is 8. The maximum atomic E-state index is 12.8. The van der Waals surface area contributed by atoms with Crippen LogP contribution in [0.25, 0.3) is 6.08 Å². The molecule has 0 aliphatic rings. The second kappa shape index (κ2) is 10.4. The Morgan fingerprint density at radius 1 is 1.12 bits per heavy atom. The molecule has 0 saturated carbocycles. The van der Waals surface area contributed by atoms with Gasteiger partial charge >= 0.3 is 5.97 Å². The van der Waals surface area contributed by atoms with Gasteiger partial charge in [-0.2, -0.15) is 0 Å². The minimum atomic E-state index is -0.392. The lowest BCUT2D eigenvalue weighted by molar-refractivity contribution is -0.116. The molecule has 0 radical (unpaired) electrons. The summed E-state index contributed by atoms with van der Waals surface area (Å²) in [6, 6.07) is 13.1. The number of esters is 1. The zero-order valence-electron chi connectivity index (χ0n) is 14.4. The average molecular weight is 373 g/mol. The third-order valence-electron chi connectivity index (χ3n) is 3.46. The summed E-state index contributed by atoms with van der Waals surface area (Å²) in [7, 11) is 1.33. The fourth-order valence-corrected chi connectivity index (χ4v) is 2.94. The number of hydrogen-bond donors (Lipinski definition) is 1. The first-order chi connectivity index (χ1) is 12.6. The number of nitrogens with one attached hydrogen (secondary N) is 1. The van der Waals surface area contributed by atoms with Crippen LogP contribution < -0.4 is 5.32 Å². The minimum Gasteiger partial charge on any atom is -0.465 e. The highest BCUT2D eigenvalue weighted by atomic mass is 32.2. The summed E-state index contributed by atoms with van der Waals surface area (Å²) in [4.78, 5) is 24.1. The molecule has 2 aromatic rings. The Balaban J connectivity index is 1.67. The van der Waals surface area contributed by atoms with Gasteiger partial charge in [0.05, 0.1) is 12.7 Å². The second-order valence-electron chi connectivity index (χ2n) is 5.39. The summed E-state index contributed by atoms with van der Waals surface area (Å²) >= 11 is 1.62. The fraction of sp³-hybridized carbons (Fsp3) is 0.200. The van der Waals surface area contributed by atoms with Gasteiger partial charge in [0.2, 0.25) is 5.91 Å². The van der Waals surface area contributed by atoms with Gasteiger partial charge < -0.3 is 10.1 Å². The lowest BCUT2D eigenvalue weighted by Crippen LogP contribution is -2.22. The molecule has 2 rings (SSSR count). The number of carbonyl (C=O) groups excluding carboxylic acids is 2. The van der Waals surface area contributed by atoms with Crippen LogP contribution in [0.3, 0.4) is 0 Å². The van der Waals surface area contributed by atoms with E-state index in [4.69, 9.17) is 0 Å². The Kier molecular flexibility index (Phi) is 7.89. The molecule has 26 heavy (non-hydrogen) atoms. The number of carbonyl (C=O) groups is 2. The molecule has 0 fully saturated rings. The predicted molar refractivity (Wildman–Crippen MR) is 102 cm³/mol. The first-order valence-corrected chi connectivity index (χ1v) is 9.09. The number of benzene rings is 2. The van der Waals surface area contributed by atoms with Gasteiger partial charge in [0.25, 0.3) is 0 Å². The van der Waals surface area contributed by atoms with Crippen LogP contribution in [0.15, 0.2) is 59.5 Å². The van der Waals surface area contributed by atoms with E-state index in [-0.39, 0.29) is 11.7 Å². The molecule has 0 atom stereocenters. The minimum absolute atomic E-state index is 0.172. The topological polar surface area (TPSA) is 55.4 Å². The zero-order chi connectivity index (χ0) is 18.8. The third kappa shape index (κ3) is 6.72. The normalized spacial score (nSPS) is 10.7. The molecule has 2 aromatic carbocycles. The molecular weight excluding hydrogens is 353 g/mol. The van der Waals surface area contributed by atoms with E-state index in [1.807, 2.05) is 0 Å². The van der Waals surface area contributed by atoms with Gasteiger partial charge in [0.1, 0.15) is 5.82 Å². The van der Waals surface area contributed by atoms with Gasteiger partial charge in [-0.25, -0.2) is 9.18 Å². The van der Waals surface area contributed by atoms with Crippen LogP contribution >= 0.6 is 11.8 Å². The summed E-state index contributed by atoms with van der Waals surface area (Å²) in [6.45, 7) is 0.568. The summed E-state index contributed by atoms with van der Waals surface area (Å²) in [5.74, 6) is 0.0314. The Labute approximate surface area is 156 Å². The first-order valence-electron chi connectivity index (χ1n) is 8.11. The largest absolute Gasteiger partial charge is 0.465 e. The smallest absolute Gasteiger partial charge is 0.337 e. The fourth-order valence-electron chi connectivity index (χ4n) is 2.08. The maximum absolute atomic E-state index is 12.8. The van der Waals surface area contributed by atoms with E-state index in [2.05, 4.69) is 10.1 Å². The molecule has 0 aliphatic carbocycles. The number of ether oxygens (including phenoxy) is 1. The van der Waals surface area contributed by atoms with Crippen LogP contribution in [0, 0.1) is 5.82 Å². The second-order valence-corrected chi connectivity index (χ2v) is 6.56. The van der Waals surface area contributed by atoms with Crippen molar-refractivity contribution < 1.29 is 18.7 Å². The van der Waals surface area contributed by atoms with E-state index in [1.54, 1.807) is 54.2 Å². The molecule has 6 heteroatoms. The lowest BCUT2D eigenvalue weighted by Gasteiger charge is -2.03. The number of halogens is 1. The number of thioether (sulfide) groups is 1. The molecule has 0 heterocycles. The number of methoxy groups -OCH3 is 1. The van der Waals surface area contributed by atoms with E-state index in [9.17, 15) is 14.0 Å². The summed E-state index contributed by atoms with van der Waals surface area (Å²) in [5.41, 5.74) is 1.28. The molecule has 0 saturated heterocycles. The van der Waals surface area contributed by atoms with E-state index in [0.717, 1.165) is 22.6 Å². The Bertz CT molecular complexity index is 758. The van der Waals surface area contributed by atoms with Crippen molar-refractivity contribution >= 4 is 29.7 Å². The van der Waals surface area contributed by atoms with Crippen molar-refractivity contribution in [2.24, 2.45) is 0 Å². The van der Waals surface area contributed by atoms with Crippen LogP contribution in [0.4, 0.5) is 4.39 Å². The number of amides is 1. The molecule has 0 aliphatic heterocycles. The SMILES string of the molecule is COC(=O)c1ccc(C=CC(=O)NCCCSc2ccc(F)cc2)cc1. The van der Waals surface area contributed by atoms with E-state index < -0.39 is 5.97 Å². The molecule has 1 amide bonds. The molecule has 0 aromatic heterocycles. The first kappa shape index (κ1) is 19.7. The van der Waals surface area contributed by atoms with Gasteiger partial charge in [0, 0.05) is 17.5 Å². The molecular formula is C20H20FNO3S. The van der Waals surface area contributed by atoms with Gasteiger partial charge in [-0.15, -0.1) is 11.8 Å². The highest BCUT2D eigenvalue weighted by molar-refractivity contribution is 7.99. The molecule has 0 bridgehead atoms. The van der Waals surface area contributed by atoms with Crippen molar-refractivity contribution in [1.82, 2.24) is 5.32 Å². The number of hydrogen-bond acceptors (Lipinski definition) is 4. The van der Waals surface area contributed by atoms with Crippen LogP contribution in [0.5, 0.6) is 0 Å². The van der Waals surface area contributed by atoms with Crippen molar-refractivity contribution in [1.29, 1.82) is 0 Å². The predicted octanol–water partition coefficient (Wildman–Crippen LogP) is 3.92. The van der Waals surface area contributed by atoms with Crippen molar-refractivity contribution in [3.63, 3.8) is 0 Å². The van der Waals surface area contributed by atoms with E-state index >= 15 is 0 Å². The monoisotopic (exact) mass is 373 g/mol. The van der Waals surface area contributed by atoms with Crippen LogP contribution in [0.2, 0.25) is 0 Å². The molecule has 136 valence electrons. The lowest BCUT2D eigenvalue weighted by atomic mass is 10.1. The molecule has 0 unspecified atom stereocenters. The zero-order valence-corrected chi connectivity index (χ0v) is 15.2. The van der Waals surface area contributed by atoms with Gasteiger partial charge in [-0.1, -0.05) is 12.1 Å². The van der Waals surface area contributed by atoms with Crippen LogP contribution in [0.1, 0.15) is 22.3 Å².